The Kier molecular flexibility index (Phi) is 1.58. The minimum absolute atomic E-state index is 0.191. The van der Waals surface area contributed by atoms with E-state index in [4.69, 9.17) is 11.8 Å². The van der Waals surface area contributed by atoms with Crippen LogP contribution in [0.5, 0.6) is 0 Å². The number of halogens is 1. The first-order valence-corrected chi connectivity index (χ1v) is 2.91. The lowest BCUT2D eigenvalue weighted by Gasteiger charge is -2.12. The summed E-state index contributed by atoms with van der Waals surface area (Å²) in [6.07, 6.45) is 2.72. The molecule has 0 radical (unpaired) electrons. The van der Waals surface area contributed by atoms with Gasteiger partial charge in [-0.25, -0.2) is 4.42 Å². The fourth-order valence-corrected chi connectivity index (χ4v) is 0.801. The van der Waals surface area contributed by atoms with E-state index < -0.39 is 0 Å². The number of hydrazone groups is 1. The lowest BCUT2D eigenvalue weighted by atomic mass is 10.4. The standard InChI is InChI=1S/C4H8ClN3/c1-2-4-7-6-3-8(4)5/h3-4,7H,2H2,1H3. The molecule has 0 amide bonds. The summed E-state index contributed by atoms with van der Waals surface area (Å²) in [7, 11) is 0. The first-order valence-electron chi connectivity index (χ1n) is 2.57. The van der Waals surface area contributed by atoms with E-state index in [1.807, 2.05) is 6.92 Å². The van der Waals surface area contributed by atoms with E-state index in [9.17, 15) is 0 Å². The molecule has 0 aromatic heterocycles. The molecule has 0 bridgehead atoms. The molecule has 46 valence electrons. The molecule has 0 aromatic rings. The van der Waals surface area contributed by atoms with Crippen molar-refractivity contribution >= 4 is 18.1 Å². The van der Waals surface area contributed by atoms with Crippen molar-refractivity contribution in [2.75, 3.05) is 0 Å². The van der Waals surface area contributed by atoms with Crippen LogP contribution in [0.15, 0.2) is 5.10 Å². The molecule has 3 nitrogen and oxygen atoms in total. The zero-order valence-corrected chi connectivity index (χ0v) is 5.39. The van der Waals surface area contributed by atoms with Crippen molar-refractivity contribution in [3.05, 3.63) is 0 Å². The van der Waals surface area contributed by atoms with Crippen LogP contribution in [0, 0.1) is 0 Å². The molecule has 1 atom stereocenters. The van der Waals surface area contributed by atoms with Gasteiger partial charge in [-0.3, -0.25) is 5.43 Å². The first-order chi connectivity index (χ1) is 3.84. The fourth-order valence-electron chi connectivity index (χ4n) is 0.576. The SMILES string of the molecule is CCC1NN=CN1Cl. The highest BCUT2D eigenvalue weighted by atomic mass is 35.5. The summed E-state index contributed by atoms with van der Waals surface area (Å²) in [6, 6.07) is 0. The molecule has 1 rings (SSSR count). The summed E-state index contributed by atoms with van der Waals surface area (Å²) < 4.78 is 1.53. The molecule has 1 N–H and O–H groups in total. The van der Waals surface area contributed by atoms with Crippen LogP contribution in [0.2, 0.25) is 0 Å². The smallest absolute Gasteiger partial charge is 0.131 e. The van der Waals surface area contributed by atoms with Gasteiger partial charge < -0.3 is 0 Å². The second-order valence-corrected chi connectivity index (χ2v) is 2.03. The molecule has 0 aromatic carbocycles. The second kappa shape index (κ2) is 2.22. The van der Waals surface area contributed by atoms with Crippen molar-refractivity contribution in [1.82, 2.24) is 9.84 Å². The summed E-state index contributed by atoms with van der Waals surface area (Å²) in [4.78, 5) is 0. The number of hydrogen-bond acceptors (Lipinski definition) is 3. The summed E-state index contributed by atoms with van der Waals surface area (Å²) in [5, 5.41) is 3.74. The minimum Gasteiger partial charge on any atom is -0.285 e. The van der Waals surface area contributed by atoms with Gasteiger partial charge in [-0.05, 0) is 6.42 Å². The molecular formula is C4H8ClN3. The Hall–Kier alpha value is -0.440. The molecule has 0 fully saturated rings. The van der Waals surface area contributed by atoms with Crippen LogP contribution < -0.4 is 5.43 Å². The average Bonchev–Trinajstić information content (AvgIpc) is 2.14. The number of nitrogens with zero attached hydrogens (tertiary/aromatic N) is 2. The second-order valence-electron chi connectivity index (χ2n) is 1.64. The van der Waals surface area contributed by atoms with E-state index >= 15 is 0 Å². The normalized spacial score (nSPS) is 26.2. The van der Waals surface area contributed by atoms with Gasteiger partial charge in [-0.1, -0.05) is 6.92 Å². The van der Waals surface area contributed by atoms with E-state index in [2.05, 4.69) is 10.5 Å². The van der Waals surface area contributed by atoms with Crippen LogP contribution >= 0.6 is 11.8 Å². The maximum absolute atomic E-state index is 5.60. The zero-order chi connectivity index (χ0) is 5.98. The minimum atomic E-state index is 0.191. The highest BCUT2D eigenvalue weighted by Gasteiger charge is 2.14. The predicted octanol–water partition coefficient (Wildman–Crippen LogP) is 0.725. The van der Waals surface area contributed by atoms with Crippen molar-refractivity contribution < 1.29 is 0 Å². The number of rotatable bonds is 1. The van der Waals surface area contributed by atoms with E-state index in [-0.39, 0.29) is 6.17 Å². The predicted molar refractivity (Wildman–Crippen MR) is 33.4 cm³/mol. The Morgan fingerprint density at radius 3 is 3.00 bits per heavy atom. The van der Waals surface area contributed by atoms with Gasteiger partial charge in [0.1, 0.15) is 12.5 Å². The monoisotopic (exact) mass is 133 g/mol. The highest BCUT2D eigenvalue weighted by Crippen LogP contribution is 2.05. The Bertz CT molecular complexity index is 103. The zero-order valence-electron chi connectivity index (χ0n) is 4.63. The molecule has 4 heteroatoms. The van der Waals surface area contributed by atoms with Crippen LogP contribution in [0.25, 0.3) is 0 Å². The molecular weight excluding hydrogens is 126 g/mol. The van der Waals surface area contributed by atoms with E-state index in [1.165, 1.54) is 4.42 Å². The molecule has 1 heterocycles. The van der Waals surface area contributed by atoms with Crippen LogP contribution in [0.1, 0.15) is 13.3 Å². The van der Waals surface area contributed by atoms with Crippen molar-refractivity contribution in [2.24, 2.45) is 5.10 Å². The average molecular weight is 134 g/mol. The van der Waals surface area contributed by atoms with E-state index in [0.29, 0.717) is 0 Å². The van der Waals surface area contributed by atoms with Gasteiger partial charge in [0.05, 0.1) is 0 Å². The van der Waals surface area contributed by atoms with Crippen LogP contribution in [-0.4, -0.2) is 16.9 Å². The van der Waals surface area contributed by atoms with Gasteiger partial charge in [0, 0.05) is 11.8 Å². The summed E-state index contributed by atoms with van der Waals surface area (Å²) in [5.41, 5.74) is 2.82. The van der Waals surface area contributed by atoms with Gasteiger partial charge in [0.25, 0.3) is 0 Å². The molecule has 1 aliphatic rings. The topological polar surface area (TPSA) is 27.6 Å². The maximum Gasteiger partial charge on any atom is 0.131 e. The van der Waals surface area contributed by atoms with Gasteiger partial charge >= 0.3 is 0 Å². The fraction of sp³-hybridized carbons (Fsp3) is 0.750. The molecule has 8 heavy (non-hydrogen) atoms. The largest absolute Gasteiger partial charge is 0.285 e. The quantitative estimate of drug-likeness (QED) is 0.534. The molecule has 0 saturated carbocycles. The summed E-state index contributed by atoms with van der Waals surface area (Å²) in [6.45, 7) is 2.04. The van der Waals surface area contributed by atoms with Crippen molar-refractivity contribution in [1.29, 1.82) is 0 Å². The van der Waals surface area contributed by atoms with Crippen LogP contribution in [0.3, 0.4) is 0 Å². The molecule has 0 spiro atoms. The van der Waals surface area contributed by atoms with Gasteiger partial charge in [0.2, 0.25) is 0 Å². The third-order valence-electron chi connectivity index (χ3n) is 1.08. The van der Waals surface area contributed by atoms with Crippen molar-refractivity contribution in [2.45, 2.75) is 19.5 Å². The third kappa shape index (κ3) is 0.865. The van der Waals surface area contributed by atoms with E-state index in [1.54, 1.807) is 6.34 Å². The molecule has 0 aliphatic carbocycles. The first kappa shape index (κ1) is 5.69. The number of nitrogens with one attached hydrogen (secondary N) is 1. The molecule has 0 saturated heterocycles. The maximum atomic E-state index is 5.60. The van der Waals surface area contributed by atoms with E-state index in [0.717, 1.165) is 6.42 Å². The van der Waals surface area contributed by atoms with Gasteiger partial charge in [-0.2, -0.15) is 5.10 Å². The third-order valence-corrected chi connectivity index (χ3v) is 1.40. The Balaban J connectivity index is 2.38. The Morgan fingerprint density at radius 2 is 2.75 bits per heavy atom. The summed E-state index contributed by atoms with van der Waals surface area (Å²) in [5.74, 6) is 0. The summed E-state index contributed by atoms with van der Waals surface area (Å²) >= 11 is 5.60. The highest BCUT2D eigenvalue weighted by molar-refractivity contribution is 6.19. The number of hydrogen-bond donors (Lipinski definition) is 1. The van der Waals surface area contributed by atoms with Gasteiger partial charge in [-0.15, -0.1) is 0 Å². The molecule has 1 unspecified atom stereocenters. The lowest BCUT2D eigenvalue weighted by molar-refractivity contribution is 0.421. The van der Waals surface area contributed by atoms with Crippen LogP contribution in [0.4, 0.5) is 0 Å². The van der Waals surface area contributed by atoms with Crippen molar-refractivity contribution in [3.63, 3.8) is 0 Å². The molecule has 1 aliphatic heterocycles. The lowest BCUT2D eigenvalue weighted by Crippen LogP contribution is -2.29. The van der Waals surface area contributed by atoms with Crippen LogP contribution in [-0.2, 0) is 0 Å². The Morgan fingerprint density at radius 1 is 2.00 bits per heavy atom. The Labute approximate surface area is 53.4 Å². The van der Waals surface area contributed by atoms with Crippen molar-refractivity contribution in [3.8, 4) is 0 Å². The van der Waals surface area contributed by atoms with Gasteiger partial charge in [0.15, 0.2) is 0 Å².